The van der Waals surface area contributed by atoms with Gasteiger partial charge >= 0.3 is 0 Å². The van der Waals surface area contributed by atoms with E-state index in [1.54, 1.807) is 0 Å². The highest BCUT2D eigenvalue weighted by atomic mass is 16.2. The van der Waals surface area contributed by atoms with E-state index in [2.05, 4.69) is 17.0 Å². The molecule has 0 atom stereocenters. The number of hydrogen-bond acceptors (Lipinski definition) is 3. The van der Waals surface area contributed by atoms with Crippen molar-refractivity contribution in [1.82, 2.24) is 0 Å². The minimum Gasteiger partial charge on any atom is -0.400 e. The molecule has 1 aromatic rings. The SMILES string of the molecule is CO.Nc1ccc(N2CCCC2)cc1. The number of nitrogens with two attached hydrogens (primary N) is 1. The molecule has 0 aliphatic carbocycles. The first-order valence-electron chi connectivity index (χ1n) is 4.91. The Hall–Kier alpha value is -1.22. The molecule has 0 radical (unpaired) electrons. The minimum absolute atomic E-state index is 0.845. The molecule has 2 rings (SSSR count). The van der Waals surface area contributed by atoms with Crippen molar-refractivity contribution in [3.8, 4) is 0 Å². The first-order chi connectivity index (χ1) is 6.86. The standard InChI is InChI=1S/C10H14N2.CH4O/c11-9-3-5-10(6-4-9)12-7-1-2-8-12;1-2/h3-6H,1-2,7-8,11H2;2H,1H3. The summed E-state index contributed by atoms with van der Waals surface area (Å²) < 4.78 is 0. The number of nitrogens with zero attached hydrogens (tertiary/aromatic N) is 1. The molecule has 0 amide bonds. The van der Waals surface area contributed by atoms with Crippen LogP contribution < -0.4 is 10.6 Å². The monoisotopic (exact) mass is 194 g/mol. The fraction of sp³-hybridized carbons (Fsp3) is 0.455. The van der Waals surface area contributed by atoms with E-state index in [0.717, 1.165) is 12.8 Å². The number of anilines is 2. The minimum atomic E-state index is 0.845. The molecule has 0 unspecified atom stereocenters. The van der Waals surface area contributed by atoms with Gasteiger partial charge in [0.1, 0.15) is 0 Å². The lowest BCUT2D eigenvalue weighted by Gasteiger charge is -2.17. The van der Waals surface area contributed by atoms with Crippen molar-refractivity contribution >= 4 is 11.4 Å². The number of nitrogen functional groups attached to an aromatic ring is 1. The second kappa shape index (κ2) is 5.50. The highest BCUT2D eigenvalue weighted by Gasteiger charge is 2.11. The molecule has 1 saturated heterocycles. The van der Waals surface area contributed by atoms with Crippen molar-refractivity contribution < 1.29 is 5.11 Å². The summed E-state index contributed by atoms with van der Waals surface area (Å²) in [6.07, 6.45) is 2.65. The quantitative estimate of drug-likeness (QED) is 0.666. The Balaban J connectivity index is 0.000000461. The van der Waals surface area contributed by atoms with Gasteiger partial charge in [-0.05, 0) is 37.1 Å². The van der Waals surface area contributed by atoms with E-state index in [4.69, 9.17) is 10.8 Å². The van der Waals surface area contributed by atoms with Crippen LogP contribution in [0.25, 0.3) is 0 Å². The molecule has 1 heterocycles. The molecule has 0 bridgehead atoms. The zero-order valence-electron chi connectivity index (χ0n) is 8.61. The van der Waals surface area contributed by atoms with Crippen molar-refractivity contribution in [1.29, 1.82) is 0 Å². The second-order valence-corrected chi connectivity index (χ2v) is 3.29. The third kappa shape index (κ3) is 2.64. The van der Waals surface area contributed by atoms with Crippen LogP contribution in [-0.4, -0.2) is 25.3 Å². The van der Waals surface area contributed by atoms with Gasteiger partial charge in [0.25, 0.3) is 0 Å². The van der Waals surface area contributed by atoms with Gasteiger partial charge < -0.3 is 15.7 Å². The molecule has 0 saturated carbocycles. The van der Waals surface area contributed by atoms with Crippen molar-refractivity contribution in [2.24, 2.45) is 0 Å². The van der Waals surface area contributed by atoms with Crippen molar-refractivity contribution in [3.05, 3.63) is 24.3 Å². The van der Waals surface area contributed by atoms with Gasteiger partial charge in [-0.3, -0.25) is 0 Å². The first-order valence-corrected chi connectivity index (χ1v) is 4.91. The van der Waals surface area contributed by atoms with Gasteiger partial charge in [-0.1, -0.05) is 0 Å². The van der Waals surface area contributed by atoms with Crippen LogP contribution in [0.4, 0.5) is 11.4 Å². The molecule has 3 nitrogen and oxygen atoms in total. The Morgan fingerprint density at radius 3 is 2.07 bits per heavy atom. The Labute approximate surface area is 85.2 Å². The van der Waals surface area contributed by atoms with Gasteiger partial charge in [0.05, 0.1) is 0 Å². The molecule has 1 fully saturated rings. The molecule has 0 aromatic heterocycles. The molecule has 14 heavy (non-hydrogen) atoms. The number of benzene rings is 1. The first kappa shape index (κ1) is 10.9. The number of hydrogen-bond donors (Lipinski definition) is 2. The molecule has 1 aromatic carbocycles. The highest BCUT2D eigenvalue weighted by molar-refractivity contribution is 5.53. The number of rotatable bonds is 1. The van der Waals surface area contributed by atoms with Crippen LogP contribution in [0.1, 0.15) is 12.8 Å². The summed E-state index contributed by atoms with van der Waals surface area (Å²) in [7, 11) is 1.00. The van der Waals surface area contributed by atoms with Crippen LogP contribution in [0.2, 0.25) is 0 Å². The highest BCUT2D eigenvalue weighted by Crippen LogP contribution is 2.20. The fourth-order valence-electron chi connectivity index (χ4n) is 1.66. The fourth-order valence-corrected chi connectivity index (χ4v) is 1.66. The third-order valence-corrected chi connectivity index (χ3v) is 2.36. The molecule has 78 valence electrons. The molecule has 3 N–H and O–H groups in total. The van der Waals surface area contributed by atoms with Crippen LogP contribution in [0.3, 0.4) is 0 Å². The van der Waals surface area contributed by atoms with Gasteiger partial charge in [-0.15, -0.1) is 0 Å². The Morgan fingerprint density at radius 1 is 1.07 bits per heavy atom. The van der Waals surface area contributed by atoms with E-state index in [0.29, 0.717) is 0 Å². The number of aliphatic hydroxyl groups excluding tert-OH is 1. The predicted octanol–water partition coefficient (Wildman–Crippen LogP) is 1.48. The largest absolute Gasteiger partial charge is 0.400 e. The Kier molecular flexibility index (Phi) is 4.26. The normalized spacial score (nSPS) is 14.9. The lowest BCUT2D eigenvalue weighted by atomic mass is 10.2. The molecular weight excluding hydrogens is 176 g/mol. The number of aliphatic hydroxyl groups is 1. The molecule has 3 heteroatoms. The summed E-state index contributed by atoms with van der Waals surface area (Å²) in [6.45, 7) is 2.40. The maximum Gasteiger partial charge on any atom is 0.0367 e. The van der Waals surface area contributed by atoms with Crippen molar-refractivity contribution in [2.45, 2.75) is 12.8 Å². The van der Waals surface area contributed by atoms with Crippen LogP contribution >= 0.6 is 0 Å². The van der Waals surface area contributed by atoms with E-state index in [-0.39, 0.29) is 0 Å². The lowest BCUT2D eigenvalue weighted by molar-refractivity contribution is 0.399. The van der Waals surface area contributed by atoms with Gasteiger partial charge in [-0.25, -0.2) is 0 Å². The summed E-state index contributed by atoms with van der Waals surface area (Å²) >= 11 is 0. The van der Waals surface area contributed by atoms with Crippen LogP contribution in [0.15, 0.2) is 24.3 Å². The summed E-state index contributed by atoms with van der Waals surface area (Å²) in [5, 5.41) is 7.00. The van der Waals surface area contributed by atoms with Gasteiger partial charge in [0.15, 0.2) is 0 Å². The van der Waals surface area contributed by atoms with Crippen molar-refractivity contribution in [3.63, 3.8) is 0 Å². The van der Waals surface area contributed by atoms with E-state index in [1.165, 1.54) is 31.6 Å². The van der Waals surface area contributed by atoms with Crippen LogP contribution in [0.5, 0.6) is 0 Å². The average Bonchev–Trinajstić information content (AvgIpc) is 2.75. The lowest BCUT2D eigenvalue weighted by Crippen LogP contribution is -2.17. The average molecular weight is 194 g/mol. The second-order valence-electron chi connectivity index (χ2n) is 3.29. The van der Waals surface area contributed by atoms with Crippen LogP contribution in [0, 0.1) is 0 Å². The Morgan fingerprint density at radius 2 is 1.57 bits per heavy atom. The van der Waals surface area contributed by atoms with E-state index < -0.39 is 0 Å². The zero-order valence-corrected chi connectivity index (χ0v) is 8.61. The topological polar surface area (TPSA) is 49.5 Å². The summed E-state index contributed by atoms with van der Waals surface area (Å²) in [5.74, 6) is 0. The van der Waals surface area contributed by atoms with E-state index in [9.17, 15) is 0 Å². The maximum absolute atomic E-state index is 7.00. The molecule has 1 aliphatic rings. The maximum atomic E-state index is 7.00. The van der Waals surface area contributed by atoms with Gasteiger partial charge in [-0.2, -0.15) is 0 Å². The van der Waals surface area contributed by atoms with Crippen LogP contribution in [-0.2, 0) is 0 Å². The third-order valence-electron chi connectivity index (χ3n) is 2.36. The smallest absolute Gasteiger partial charge is 0.0367 e. The van der Waals surface area contributed by atoms with Crippen molar-refractivity contribution in [2.75, 3.05) is 30.8 Å². The van der Waals surface area contributed by atoms with Gasteiger partial charge in [0, 0.05) is 31.6 Å². The van der Waals surface area contributed by atoms with E-state index >= 15 is 0 Å². The summed E-state index contributed by atoms with van der Waals surface area (Å²) in [5.41, 5.74) is 7.76. The van der Waals surface area contributed by atoms with Gasteiger partial charge in [0.2, 0.25) is 0 Å². The molecular formula is C11H18N2O. The predicted molar refractivity (Wildman–Crippen MR) is 60.4 cm³/mol. The Bertz CT molecular complexity index is 252. The molecule has 0 spiro atoms. The summed E-state index contributed by atoms with van der Waals surface area (Å²) in [4.78, 5) is 2.40. The zero-order chi connectivity index (χ0) is 10.4. The van der Waals surface area contributed by atoms with E-state index in [1.807, 2.05) is 12.1 Å². The summed E-state index contributed by atoms with van der Waals surface area (Å²) in [6, 6.07) is 8.13. The molecule has 1 aliphatic heterocycles.